The van der Waals surface area contributed by atoms with Gasteiger partial charge in [0.05, 0.1) is 6.10 Å². The highest BCUT2D eigenvalue weighted by atomic mass is 35.5. The van der Waals surface area contributed by atoms with Crippen LogP contribution in [-0.4, -0.2) is 11.1 Å². The Morgan fingerprint density at radius 3 is 2.40 bits per heavy atom. The second-order valence-corrected chi connectivity index (χ2v) is 3.87. The highest BCUT2D eigenvalue weighted by Gasteiger charge is 2.11. The van der Waals surface area contributed by atoms with Crippen LogP contribution in [0.4, 0.5) is 0 Å². The van der Waals surface area contributed by atoms with Gasteiger partial charge in [-0.1, -0.05) is 11.6 Å². The number of hydrogen-bond donors (Lipinski definition) is 1. The van der Waals surface area contributed by atoms with Crippen LogP contribution in [0.15, 0.2) is 12.1 Å². The summed E-state index contributed by atoms with van der Waals surface area (Å²) in [5, 5.41) is 0.421. The average molecular weight is 251 g/mol. The topological polar surface area (TPSA) is 48.1 Å². The summed E-state index contributed by atoms with van der Waals surface area (Å²) < 4.78 is 5.51. The number of ether oxygens (including phenoxy) is 1. The summed E-state index contributed by atoms with van der Waals surface area (Å²) in [6, 6.07) is 3.46. The summed E-state index contributed by atoms with van der Waals surface area (Å²) in [6.07, 6.45) is 0.0680. The number of nitrogens with two attached hydrogens (primary N) is 1. The lowest BCUT2D eigenvalue weighted by Gasteiger charge is -2.15. The summed E-state index contributed by atoms with van der Waals surface area (Å²) in [6.45, 7) is 5.76. The van der Waals surface area contributed by atoms with E-state index in [1.807, 2.05) is 26.8 Å². The molecule has 0 saturated carbocycles. The van der Waals surface area contributed by atoms with Gasteiger partial charge in [-0.2, -0.15) is 0 Å². The number of nitrogens with zero attached hydrogens (tertiary/aromatic N) is 1. The summed E-state index contributed by atoms with van der Waals surface area (Å²) >= 11 is 5.77. The molecule has 0 aromatic carbocycles. The lowest BCUT2D eigenvalue weighted by molar-refractivity contribution is 0.229. The first-order valence-electron chi connectivity index (χ1n) is 4.59. The fourth-order valence-electron chi connectivity index (χ4n) is 1.09. The Morgan fingerprint density at radius 1 is 1.33 bits per heavy atom. The summed E-state index contributed by atoms with van der Waals surface area (Å²) in [5.74, 6) is 0.530. The standard InChI is InChI=1S/C10H15ClN2O.ClH/c1-6(2)14-10-8(7(3)12)4-5-9(11)13-10;/h4-7H,12H2,1-3H3;1H/t7-;/m0./s1. The van der Waals surface area contributed by atoms with Gasteiger partial charge in [-0.05, 0) is 32.9 Å². The van der Waals surface area contributed by atoms with Crippen LogP contribution in [-0.2, 0) is 0 Å². The SMILES string of the molecule is CC(C)Oc1nc(Cl)ccc1[C@H](C)N.Cl. The van der Waals surface area contributed by atoms with Crippen LogP contribution in [0, 0.1) is 0 Å². The molecule has 1 aromatic rings. The molecule has 0 amide bonds. The Labute approximate surface area is 101 Å². The molecule has 0 unspecified atom stereocenters. The molecule has 3 nitrogen and oxygen atoms in total. The van der Waals surface area contributed by atoms with Gasteiger partial charge in [0.25, 0.3) is 0 Å². The molecule has 0 radical (unpaired) electrons. The van der Waals surface area contributed by atoms with E-state index in [1.54, 1.807) is 6.07 Å². The molecule has 86 valence electrons. The van der Waals surface area contributed by atoms with Crippen molar-refractivity contribution < 1.29 is 4.74 Å². The quantitative estimate of drug-likeness (QED) is 0.840. The third-order valence-corrected chi connectivity index (χ3v) is 1.90. The van der Waals surface area contributed by atoms with E-state index in [0.29, 0.717) is 11.0 Å². The Bertz CT molecular complexity index is 316. The molecule has 1 aromatic heterocycles. The predicted octanol–water partition coefficient (Wildman–Crippen LogP) is 2.96. The second-order valence-electron chi connectivity index (χ2n) is 3.48. The van der Waals surface area contributed by atoms with Crippen LogP contribution in [0.3, 0.4) is 0 Å². The first-order valence-corrected chi connectivity index (χ1v) is 4.97. The van der Waals surface area contributed by atoms with Crippen LogP contribution in [0.25, 0.3) is 0 Å². The Kier molecular flexibility index (Phi) is 5.95. The second kappa shape index (κ2) is 6.16. The van der Waals surface area contributed by atoms with Crippen LogP contribution in [0.1, 0.15) is 32.4 Å². The third-order valence-electron chi connectivity index (χ3n) is 1.69. The van der Waals surface area contributed by atoms with Crippen LogP contribution in [0.2, 0.25) is 5.15 Å². The monoisotopic (exact) mass is 250 g/mol. The summed E-state index contributed by atoms with van der Waals surface area (Å²) in [5.41, 5.74) is 6.66. The van der Waals surface area contributed by atoms with Crippen molar-refractivity contribution in [1.29, 1.82) is 0 Å². The zero-order chi connectivity index (χ0) is 10.7. The minimum absolute atomic E-state index is 0. The van der Waals surface area contributed by atoms with Crippen molar-refractivity contribution in [3.05, 3.63) is 22.8 Å². The van der Waals surface area contributed by atoms with Crippen LogP contribution < -0.4 is 10.5 Å². The summed E-state index contributed by atoms with van der Waals surface area (Å²) in [4.78, 5) is 4.10. The van der Waals surface area contributed by atoms with Crippen LogP contribution >= 0.6 is 24.0 Å². The minimum atomic E-state index is -0.103. The number of pyridine rings is 1. The van der Waals surface area contributed by atoms with E-state index in [2.05, 4.69) is 4.98 Å². The molecule has 5 heteroatoms. The molecule has 0 aliphatic heterocycles. The maximum Gasteiger partial charge on any atom is 0.219 e. The van der Waals surface area contributed by atoms with E-state index in [1.165, 1.54) is 0 Å². The van der Waals surface area contributed by atoms with E-state index >= 15 is 0 Å². The van der Waals surface area contributed by atoms with E-state index in [4.69, 9.17) is 22.1 Å². The number of rotatable bonds is 3. The van der Waals surface area contributed by atoms with Gasteiger partial charge in [-0.25, -0.2) is 4.98 Å². The largest absolute Gasteiger partial charge is 0.475 e. The molecule has 0 fully saturated rings. The van der Waals surface area contributed by atoms with Crippen molar-refractivity contribution >= 4 is 24.0 Å². The molecular weight excluding hydrogens is 235 g/mol. The van der Waals surface area contributed by atoms with Gasteiger partial charge >= 0.3 is 0 Å². The normalized spacial score (nSPS) is 12.1. The number of aromatic nitrogens is 1. The summed E-state index contributed by atoms with van der Waals surface area (Å²) in [7, 11) is 0. The van der Waals surface area contributed by atoms with E-state index in [0.717, 1.165) is 5.56 Å². The zero-order valence-electron chi connectivity index (χ0n) is 9.03. The molecule has 1 rings (SSSR count). The maximum atomic E-state index is 5.78. The zero-order valence-corrected chi connectivity index (χ0v) is 10.6. The first kappa shape index (κ1) is 14.5. The van der Waals surface area contributed by atoms with E-state index < -0.39 is 0 Å². The highest BCUT2D eigenvalue weighted by molar-refractivity contribution is 6.29. The number of hydrogen-bond acceptors (Lipinski definition) is 3. The molecule has 0 saturated heterocycles. The maximum absolute atomic E-state index is 5.78. The van der Waals surface area contributed by atoms with Crippen molar-refractivity contribution in [3.63, 3.8) is 0 Å². The van der Waals surface area contributed by atoms with Gasteiger partial charge in [-0.3, -0.25) is 0 Å². The molecule has 2 N–H and O–H groups in total. The minimum Gasteiger partial charge on any atom is -0.475 e. The van der Waals surface area contributed by atoms with E-state index in [-0.39, 0.29) is 24.6 Å². The molecule has 0 spiro atoms. The molecular formula is C10H16Cl2N2O. The highest BCUT2D eigenvalue weighted by Crippen LogP contribution is 2.24. The van der Waals surface area contributed by atoms with Crippen LogP contribution in [0.5, 0.6) is 5.88 Å². The third kappa shape index (κ3) is 4.24. The van der Waals surface area contributed by atoms with E-state index in [9.17, 15) is 0 Å². The van der Waals surface area contributed by atoms with Crippen molar-refractivity contribution in [3.8, 4) is 5.88 Å². The average Bonchev–Trinajstić information content (AvgIpc) is 2.01. The van der Waals surface area contributed by atoms with Gasteiger partial charge in [-0.15, -0.1) is 12.4 Å². The van der Waals surface area contributed by atoms with Gasteiger partial charge in [0.15, 0.2) is 0 Å². The fraction of sp³-hybridized carbons (Fsp3) is 0.500. The Balaban J connectivity index is 0.00000196. The van der Waals surface area contributed by atoms with Crippen molar-refractivity contribution in [1.82, 2.24) is 4.98 Å². The smallest absolute Gasteiger partial charge is 0.219 e. The van der Waals surface area contributed by atoms with Gasteiger partial charge in [0, 0.05) is 11.6 Å². The predicted molar refractivity (Wildman–Crippen MR) is 64.9 cm³/mol. The molecule has 0 aliphatic rings. The van der Waals surface area contributed by atoms with Gasteiger partial charge in [0.2, 0.25) is 5.88 Å². The molecule has 1 atom stereocenters. The molecule has 15 heavy (non-hydrogen) atoms. The van der Waals surface area contributed by atoms with Crippen molar-refractivity contribution in [2.24, 2.45) is 5.73 Å². The number of halogens is 2. The first-order chi connectivity index (χ1) is 6.50. The van der Waals surface area contributed by atoms with Gasteiger partial charge in [0.1, 0.15) is 5.15 Å². The Morgan fingerprint density at radius 2 is 1.93 bits per heavy atom. The van der Waals surface area contributed by atoms with Crippen molar-refractivity contribution in [2.75, 3.05) is 0 Å². The lowest BCUT2D eigenvalue weighted by Crippen LogP contribution is -2.13. The Hall–Kier alpha value is -0.510. The molecule has 1 heterocycles. The molecule has 0 bridgehead atoms. The lowest BCUT2D eigenvalue weighted by atomic mass is 10.1. The van der Waals surface area contributed by atoms with Crippen molar-refractivity contribution in [2.45, 2.75) is 32.9 Å². The molecule has 0 aliphatic carbocycles. The van der Waals surface area contributed by atoms with Gasteiger partial charge < -0.3 is 10.5 Å². The fourth-order valence-corrected chi connectivity index (χ4v) is 1.23.